The highest BCUT2D eigenvalue weighted by molar-refractivity contribution is 6.43. The van der Waals surface area contributed by atoms with Crippen LogP contribution in [-0.4, -0.2) is 25.1 Å². The van der Waals surface area contributed by atoms with Crippen molar-refractivity contribution in [1.29, 1.82) is 0 Å². The summed E-state index contributed by atoms with van der Waals surface area (Å²) in [4.78, 5) is 23.7. The van der Waals surface area contributed by atoms with Crippen LogP contribution in [0.5, 0.6) is 5.75 Å². The summed E-state index contributed by atoms with van der Waals surface area (Å²) in [5, 5.41) is 3.47. The Bertz CT molecular complexity index is 794. The Morgan fingerprint density at radius 2 is 1.65 bits per heavy atom. The second kappa shape index (κ2) is 9.67. The first-order valence-corrected chi connectivity index (χ1v) is 8.88. The summed E-state index contributed by atoms with van der Waals surface area (Å²) < 4.78 is 10.4. The Labute approximate surface area is 166 Å². The van der Waals surface area contributed by atoms with Gasteiger partial charge in [0.2, 0.25) is 0 Å². The van der Waals surface area contributed by atoms with Crippen LogP contribution >= 0.6 is 34.8 Å². The molecule has 0 aliphatic heterocycles. The molecule has 0 heterocycles. The maximum atomic E-state index is 12.0. The lowest BCUT2D eigenvalue weighted by Gasteiger charge is -2.10. The number of carbonyl (C=O) groups excluding carboxylic acids is 2. The molecular weight excluding hydrogens is 401 g/mol. The molecule has 138 valence electrons. The molecule has 5 nitrogen and oxygen atoms in total. The van der Waals surface area contributed by atoms with Crippen molar-refractivity contribution in [2.24, 2.45) is 0 Å². The molecule has 1 N–H and O–H groups in total. The summed E-state index contributed by atoms with van der Waals surface area (Å²) >= 11 is 17.7. The highest BCUT2D eigenvalue weighted by Gasteiger charge is 2.11. The summed E-state index contributed by atoms with van der Waals surface area (Å²) in [5.41, 5.74) is 0.932. The average molecular weight is 417 g/mol. The molecule has 0 unspecified atom stereocenters. The van der Waals surface area contributed by atoms with Crippen LogP contribution in [0.1, 0.15) is 23.7 Å². The molecule has 1 amide bonds. The zero-order valence-corrected chi connectivity index (χ0v) is 16.1. The normalized spacial score (nSPS) is 10.3. The van der Waals surface area contributed by atoms with Gasteiger partial charge in [-0.1, -0.05) is 41.7 Å². The quantitative estimate of drug-likeness (QED) is 0.496. The molecule has 0 radical (unpaired) electrons. The Morgan fingerprint density at radius 3 is 2.31 bits per heavy atom. The van der Waals surface area contributed by atoms with Crippen molar-refractivity contribution in [2.45, 2.75) is 13.3 Å². The van der Waals surface area contributed by atoms with Gasteiger partial charge < -0.3 is 14.8 Å². The molecule has 2 aromatic rings. The van der Waals surface area contributed by atoms with Crippen LogP contribution in [0, 0.1) is 0 Å². The summed E-state index contributed by atoms with van der Waals surface area (Å²) in [6.07, 6.45) is 0.753. The fourth-order valence-corrected chi connectivity index (χ4v) is 2.51. The number of benzene rings is 2. The number of hydrogen-bond donors (Lipinski definition) is 1. The van der Waals surface area contributed by atoms with Crippen LogP contribution in [0.2, 0.25) is 15.1 Å². The summed E-state index contributed by atoms with van der Waals surface area (Å²) in [6.45, 7) is 2.02. The smallest absolute Gasteiger partial charge is 0.338 e. The van der Waals surface area contributed by atoms with Gasteiger partial charge in [0.1, 0.15) is 5.75 Å². The van der Waals surface area contributed by atoms with E-state index in [1.54, 1.807) is 24.3 Å². The third kappa shape index (κ3) is 5.80. The monoisotopic (exact) mass is 415 g/mol. The van der Waals surface area contributed by atoms with Gasteiger partial charge in [-0.2, -0.15) is 0 Å². The molecule has 0 aliphatic rings. The second-order valence-corrected chi connectivity index (χ2v) is 6.47. The largest absolute Gasteiger partial charge is 0.482 e. The maximum Gasteiger partial charge on any atom is 0.338 e. The molecule has 0 fully saturated rings. The lowest BCUT2D eigenvalue weighted by atomic mass is 10.2. The minimum atomic E-state index is -0.401. The zero-order chi connectivity index (χ0) is 19.1. The number of amides is 1. The minimum Gasteiger partial charge on any atom is -0.482 e. The van der Waals surface area contributed by atoms with Crippen LogP contribution < -0.4 is 10.1 Å². The Balaban J connectivity index is 1.90. The SMILES string of the molecule is CCCOC(=O)c1ccc(NC(=O)COc2cc(Cl)c(Cl)cc2Cl)cc1. The summed E-state index contributed by atoms with van der Waals surface area (Å²) in [5.74, 6) is -0.541. The number of halogens is 3. The van der Waals surface area contributed by atoms with Gasteiger partial charge in [-0.3, -0.25) is 4.79 Å². The fraction of sp³-hybridized carbons (Fsp3) is 0.222. The highest BCUT2D eigenvalue weighted by atomic mass is 35.5. The van der Waals surface area contributed by atoms with Crippen molar-refractivity contribution < 1.29 is 19.1 Å². The lowest BCUT2D eigenvalue weighted by molar-refractivity contribution is -0.118. The average Bonchev–Trinajstić information content (AvgIpc) is 2.62. The molecular formula is C18H16Cl3NO4. The Morgan fingerprint density at radius 1 is 1.00 bits per heavy atom. The maximum absolute atomic E-state index is 12.0. The van der Waals surface area contributed by atoms with E-state index in [0.29, 0.717) is 22.9 Å². The number of carbonyl (C=O) groups is 2. The van der Waals surface area contributed by atoms with Gasteiger partial charge in [0.25, 0.3) is 5.91 Å². The fourth-order valence-electron chi connectivity index (χ4n) is 1.92. The van der Waals surface area contributed by atoms with E-state index in [1.807, 2.05) is 6.92 Å². The van der Waals surface area contributed by atoms with Crippen molar-refractivity contribution in [3.8, 4) is 5.75 Å². The standard InChI is InChI=1S/C18H16Cl3NO4/c1-2-7-25-18(24)11-3-5-12(6-4-11)22-17(23)10-26-16-9-14(20)13(19)8-15(16)21/h3-6,8-9H,2,7,10H2,1H3,(H,22,23). The molecule has 0 saturated heterocycles. The van der Waals surface area contributed by atoms with E-state index in [9.17, 15) is 9.59 Å². The van der Waals surface area contributed by atoms with E-state index in [1.165, 1.54) is 12.1 Å². The summed E-state index contributed by atoms with van der Waals surface area (Å²) in [6, 6.07) is 9.24. The van der Waals surface area contributed by atoms with Crippen molar-refractivity contribution >= 4 is 52.4 Å². The number of nitrogens with one attached hydrogen (secondary N) is 1. The number of esters is 1. The van der Waals surface area contributed by atoms with Gasteiger partial charge >= 0.3 is 5.97 Å². The first-order valence-electron chi connectivity index (χ1n) is 7.75. The topological polar surface area (TPSA) is 64.6 Å². The molecule has 2 aromatic carbocycles. The second-order valence-electron chi connectivity index (χ2n) is 5.25. The van der Waals surface area contributed by atoms with Gasteiger partial charge in [0, 0.05) is 11.8 Å². The molecule has 0 bridgehead atoms. The van der Waals surface area contributed by atoms with Gasteiger partial charge in [0.05, 0.1) is 27.2 Å². The Kier molecular flexibility index (Phi) is 7.57. The number of anilines is 1. The molecule has 0 spiro atoms. The van der Waals surface area contributed by atoms with Crippen LogP contribution in [0.3, 0.4) is 0 Å². The molecule has 8 heteroatoms. The van der Waals surface area contributed by atoms with Gasteiger partial charge in [-0.05, 0) is 36.8 Å². The van der Waals surface area contributed by atoms with E-state index in [0.717, 1.165) is 6.42 Å². The zero-order valence-electron chi connectivity index (χ0n) is 13.9. The van der Waals surface area contributed by atoms with Crippen LogP contribution in [0.15, 0.2) is 36.4 Å². The number of rotatable bonds is 7. The van der Waals surface area contributed by atoms with Gasteiger partial charge in [-0.15, -0.1) is 0 Å². The number of hydrogen-bond acceptors (Lipinski definition) is 4. The van der Waals surface area contributed by atoms with Crippen molar-refractivity contribution in [3.05, 3.63) is 57.0 Å². The van der Waals surface area contributed by atoms with Crippen molar-refractivity contribution in [3.63, 3.8) is 0 Å². The Hall–Kier alpha value is -1.95. The van der Waals surface area contributed by atoms with Crippen LogP contribution in [0.25, 0.3) is 0 Å². The van der Waals surface area contributed by atoms with Crippen molar-refractivity contribution in [2.75, 3.05) is 18.5 Å². The predicted molar refractivity (Wildman–Crippen MR) is 103 cm³/mol. The first-order chi connectivity index (χ1) is 12.4. The molecule has 2 rings (SSSR count). The molecule has 26 heavy (non-hydrogen) atoms. The summed E-state index contributed by atoms with van der Waals surface area (Å²) in [7, 11) is 0. The minimum absolute atomic E-state index is 0.252. The van der Waals surface area contributed by atoms with Gasteiger partial charge in [0.15, 0.2) is 6.61 Å². The number of ether oxygens (including phenoxy) is 2. The molecule has 0 aromatic heterocycles. The van der Waals surface area contributed by atoms with E-state index in [-0.39, 0.29) is 22.4 Å². The highest BCUT2D eigenvalue weighted by Crippen LogP contribution is 2.33. The van der Waals surface area contributed by atoms with Crippen molar-refractivity contribution in [1.82, 2.24) is 0 Å². The molecule has 0 aliphatic carbocycles. The van der Waals surface area contributed by atoms with E-state index < -0.39 is 11.9 Å². The van der Waals surface area contributed by atoms with E-state index in [4.69, 9.17) is 44.3 Å². The molecule has 0 saturated carbocycles. The predicted octanol–water partition coefficient (Wildman–Crippen LogP) is 5.23. The van der Waals surface area contributed by atoms with Crippen LogP contribution in [-0.2, 0) is 9.53 Å². The third-order valence-electron chi connectivity index (χ3n) is 3.18. The van der Waals surface area contributed by atoms with E-state index in [2.05, 4.69) is 5.32 Å². The first kappa shape index (κ1) is 20.4. The third-order valence-corrected chi connectivity index (χ3v) is 4.19. The molecule has 0 atom stereocenters. The van der Waals surface area contributed by atoms with E-state index >= 15 is 0 Å². The van der Waals surface area contributed by atoms with Gasteiger partial charge in [-0.25, -0.2) is 4.79 Å². The van der Waals surface area contributed by atoms with Crippen LogP contribution in [0.4, 0.5) is 5.69 Å². The lowest BCUT2D eigenvalue weighted by Crippen LogP contribution is -2.20.